The fourth-order valence-corrected chi connectivity index (χ4v) is 1.38. The van der Waals surface area contributed by atoms with Gasteiger partial charge in [0.2, 0.25) is 0 Å². The van der Waals surface area contributed by atoms with E-state index in [2.05, 4.69) is 0 Å². The van der Waals surface area contributed by atoms with E-state index in [1.807, 2.05) is 19.2 Å². The van der Waals surface area contributed by atoms with E-state index < -0.39 is 12.1 Å². The summed E-state index contributed by atoms with van der Waals surface area (Å²) in [6.07, 6.45) is -4.92. The highest BCUT2D eigenvalue weighted by atomic mass is 19.4. The van der Waals surface area contributed by atoms with Gasteiger partial charge in [-0.2, -0.15) is 13.2 Å². The van der Waals surface area contributed by atoms with E-state index in [1.54, 1.807) is 6.07 Å². The maximum Gasteiger partial charge on any atom is 0.471 e. The minimum atomic E-state index is -4.92. The van der Waals surface area contributed by atoms with Crippen LogP contribution in [-0.4, -0.2) is 19.2 Å². The van der Waals surface area contributed by atoms with Crippen molar-refractivity contribution >= 4 is 11.6 Å². The summed E-state index contributed by atoms with van der Waals surface area (Å²) in [5.41, 5.74) is 0.833. The second-order valence-corrected chi connectivity index (χ2v) is 4.07. The number of carbonyl (C=O) groups is 1. The molecule has 0 fully saturated rings. The number of halogens is 3. The van der Waals surface area contributed by atoms with Crippen LogP contribution < -0.4 is 10.1 Å². The lowest BCUT2D eigenvalue weighted by atomic mass is 10.0. The lowest BCUT2D eigenvalue weighted by Gasteiger charge is -2.14. The minimum absolute atomic E-state index is 0.0195. The summed E-state index contributed by atoms with van der Waals surface area (Å²) in [5.74, 6) is -1.68. The zero-order chi connectivity index (χ0) is 13.9. The molecule has 0 saturated heterocycles. The Morgan fingerprint density at radius 2 is 1.94 bits per heavy atom. The third kappa shape index (κ3) is 3.38. The molecule has 0 heterocycles. The molecule has 0 aliphatic carbocycles. The van der Waals surface area contributed by atoms with Gasteiger partial charge >= 0.3 is 12.1 Å². The van der Waals surface area contributed by atoms with Gasteiger partial charge in [0.05, 0.1) is 12.8 Å². The van der Waals surface area contributed by atoms with Gasteiger partial charge in [0, 0.05) is 0 Å². The molecule has 100 valence electrons. The lowest BCUT2D eigenvalue weighted by Crippen LogP contribution is -2.30. The lowest BCUT2D eigenvalue weighted by molar-refractivity contribution is -0.167. The Hall–Kier alpha value is -1.72. The second kappa shape index (κ2) is 5.29. The number of methoxy groups -OCH3 is 1. The van der Waals surface area contributed by atoms with Crippen LogP contribution in [0.3, 0.4) is 0 Å². The minimum Gasteiger partial charge on any atom is -0.495 e. The molecule has 0 spiro atoms. The molecule has 0 aliphatic heterocycles. The molecule has 0 atom stereocenters. The maximum absolute atomic E-state index is 12.2. The van der Waals surface area contributed by atoms with Crippen molar-refractivity contribution in [1.29, 1.82) is 0 Å². The van der Waals surface area contributed by atoms with Crippen LogP contribution in [-0.2, 0) is 4.79 Å². The van der Waals surface area contributed by atoms with E-state index in [1.165, 1.54) is 19.2 Å². The first-order valence-corrected chi connectivity index (χ1v) is 5.31. The van der Waals surface area contributed by atoms with Gasteiger partial charge in [0.25, 0.3) is 0 Å². The molecule has 0 aromatic heterocycles. The first-order valence-electron chi connectivity index (χ1n) is 5.31. The average molecular weight is 261 g/mol. The Bertz CT molecular complexity index is 441. The van der Waals surface area contributed by atoms with Gasteiger partial charge in [0.15, 0.2) is 0 Å². The maximum atomic E-state index is 12.2. The summed E-state index contributed by atoms with van der Waals surface area (Å²) in [6, 6.07) is 4.75. The summed E-state index contributed by atoms with van der Waals surface area (Å²) in [4.78, 5) is 10.9. The summed E-state index contributed by atoms with van der Waals surface area (Å²) in [7, 11) is 1.33. The SMILES string of the molecule is COc1ccc(C(C)C)cc1NC(=O)C(F)(F)F. The van der Waals surface area contributed by atoms with Crippen LogP contribution in [0.15, 0.2) is 18.2 Å². The van der Waals surface area contributed by atoms with Crippen LogP contribution in [0.5, 0.6) is 5.75 Å². The predicted molar refractivity (Wildman–Crippen MR) is 61.8 cm³/mol. The van der Waals surface area contributed by atoms with Crippen molar-refractivity contribution in [3.8, 4) is 5.75 Å². The van der Waals surface area contributed by atoms with Crippen LogP contribution in [0.25, 0.3) is 0 Å². The van der Waals surface area contributed by atoms with Gasteiger partial charge in [0.1, 0.15) is 5.75 Å². The number of carbonyl (C=O) groups excluding carboxylic acids is 1. The molecule has 0 saturated carbocycles. The molecule has 1 rings (SSSR count). The molecule has 18 heavy (non-hydrogen) atoms. The Morgan fingerprint density at radius 3 is 2.39 bits per heavy atom. The summed E-state index contributed by atoms with van der Waals surface area (Å²) in [5, 5.41) is 1.81. The molecule has 0 radical (unpaired) electrons. The molecule has 6 heteroatoms. The molecule has 0 aliphatic rings. The number of rotatable bonds is 3. The third-order valence-corrected chi connectivity index (χ3v) is 2.40. The van der Waals surface area contributed by atoms with Crippen LogP contribution in [0.1, 0.15) is 25.3 Å². The second-order valence-electron chi connectivity index (χ2n) is 4.07. The van der Waals surface area contributed by atoms with Crippen molar-refractivity contribution in [3.05, 3.63) is 23.8 Å². The van der Waals surface area contributed by atoms with Crippen molar-refractivity contribution in [1.82, 2.24) is 0 Å². The Balaban J connectivity index is 3.06. The monoisotopic (exact) mass is 261 g/mol. The zero-order valence-corrected chi connectivity index (χ0v) is 10.3. The van der Waals surface area contributed by atoms with Crippen molar-refractivity contribution in [3.63, 3.8) is 0 Å². The summed E-state index contributed by atoms with van der Waals surface area (Å²) >= 11 is 0. The number of hydrogen-bond donors (Lipinski definition) is 1. The normalized spacial score (nSPS) is 11.5. The van der Waals surface area contributed by atoms with Gasteiger partial charge in [-0.3, -0.25) is 4.79 Å². The van der Waals surface area contributed by atoms with E-state index in [0.29, 0.717) is 0 Å². The smallest absolute Gasteiger partial charge is 0.471 e. The van der Waals surface area contributed by atoms with Crippen molar-refractivity contribution in [2.24, 2.45) is 0 Å². The van der Waals surface area contributed by atoms with Gasteiger partial charge in [-0.05, 0) is 23.6 Å². The molecule has 0 unspecified atom stereocenters. The van der Waals surface area contributed by atoms with Gasteiger partial charge in [-0.1, -0.05) is 19.9 Å². The van der Waals surface area contributed by atoms with Crippen molar-refractivity contribution in [2.45, 2.75) is 25.9 Å². The first kappa shape index (κ1) is 14.3. The van der Waals surface area contributed by atoms with Crippen molar-refractivity contribution < 1.29 is 22.7 Å². The quantitative estimate of drug-likeness (QED) is 0.906. The molecular formula is C12H14F3NO2. The van der Waals surface area contributed by atoms with Crippen LogP contribution in [0, 0.1) is 0 Å². The zero-order valence-electron chi connectivity index (χ0n) is 10.3. The molecular weight excluding hydrogens is 247 g/mol. The van der Waals surface area contributed by atoms with E-state index >= 15 is 0 Å². The summed E-state index contributed by atoms with van der Waals surface area (Å²) < 4.78 is 41.4. The van der Waals surface area contributed by atoms with E-state index in [0.717, 1.165) is 5.56 Å². The number of hydrogen-bond acceptors (Lipinski definition) is 2. The Kier molecular flexibility index (Phi) is 4.21. The number of amides is 1. The highest BCUT2D eigenvalue weighted by Crippen LogP contribution is 2.30. The molecule has 1 aromatic carbocycles. The fourth-order valence-electron chi connectivity index (χ4n) is 1.38. The average Bonchev–Trinajstić information content (AvgIpc) is 2.27. The number of benzene rings is 1. The van der Waals surface area contributed by atoms with E-state index in [-0.39, 0.29) is 17.4 Å². The van der Waals surface area contributed by atoms with Crippen LogP contribution in [0.2, 0.25) is 0 Å². The standard InChI is InChI=1S/C12H14F3NO2/c1-7(2)8-4-5-10(18-3)9(6-8)16-11(17)12(13,14)15/h4-7H,1-3H3,(H,16,17). The van der Waals surface area contributed by atoms with Crippen LogP contribution in [0.4, 0.5) is 18.9 Å². The highest BCUT2D eigenvalue weighted by molar-refractivity contribution is 5.96. The number of anilines is 1. The van der Waals surface area contributed by atoms with Gasteiger partial charge in [-0.25, -0.2) is 0 Å². The number of alkyl halides is 3. The largest absolute Gasteiger partial charge is 0.495 e. The highest BCUT2D eigenvalue weighted by Gasteiger charge is 2.39. The Labute approximate surface area is 103 Å². The molecule has 1 amide bonds. The molecule has 3 nitrogen and oxygen atoms in total. The van der Waals surface area contributed by atoms with Crippen molar-refractivity contribution in [2.75, 3.05) is 12.4 Å². The van der Waals surface area contributed by atoms with Gasteiger partial charge in [-0.15, -0.1) is 0 Å². The van der Waals surface area contributed by atoms with E-state index in [9.17, 15) is 18.0 Å². The third-order valence-electron chi connectivity index (χ3n) is 2.40. The van der Waals surface area contributed by atoms with Gasteiger partial charge < -0.3 is 10.1 Å². The number of nitrogens with one attached hydrogen (secondary N) is 1. The molecule has 0 bridgehead atoms. The fraction of sp³-hybridized carbons (Fsp3) is 0.417. The predicted octanol–water partition coefficient (Wildman–Crippen LogP) is 3.32. The molecule has 1 N–H and O–H groups in total. The van der Waals surface area contributed by atoms with Crippen LogP contribution >= 0.6 is 0 Å². The molecule has 1 aromatic rings. The number of ether oxygens (including phenoxy) is 1. The summed E-state index contributed by atoms with van der Waals surface area (Å²) in [6.45, 7) is 3.80. The topological polar surface area (TPSA) is 38.3 Å². The van der Waals surface area contributed by atoms with E-state index in [4.69, 9.17) is 4.74 Å². The first-order chi connectivity index (χ1) is 8.25. The Morgan fingerprint density at radius 1 is 1.33 bits per heavy atom.